The van der Waals surface area contributed by atoms with Gasteiger partial charge in [-0.3, -0.25) is 0 Å². The van der Waals surface area contributed by atoms with Gasteiger partial charge < -0.3 is 24.8 Å². The van der Waals surface area contributed by atoms with E-state index in [2.05, 4.69) is 63.0 Å². The van der Waals surface area contributed by atoms with E-state index in [1.165, 1.54) is 63.0 Å². The van der Waals surface area contributed by atoms with Crippen LogP contribution < -0.4 is 40.5 Å². The summed E-state index contributed by atoms with van der Waals surface area (Å²) in [5.41, 5.74) is 6.95. The summed E-state index contributed by atoms with van der Waals surface area (Å²) in [7, 11) is -2.06. The summed E-state index contributed by atoms with van der Waals surface area (Å²) in [4.78, 5) is 0. The van der Waals surface area contributed by atoms with Crippen molar-refractivity contribution < 1.29 is 59.1 Å². The molecule has 27 heavy (non-hydrogen) atoms. The normalized spacial score (nSPS) is 21.4. The molecule has 0 bridgehead atoms. The van der Waals surface area contributed by atoms with E-state index >= 15 is 0 Å². The Morgan fingerprint density at radius 2 is 1.81 bits per heavy atom. The predicted octanol–water partition coefficient (Wildman–Crippen LogP) is -3.47. The first-order chi connectivity index (χ1) is 11.8. The van der Waals surface area contributed by atoms with Gasteiger partial charge in [-0.15, -0.1) is 0 Å². The summed E-state index contributed by atoms with van der Waals surface area (Å²) in [5, 5.41) is 15.9. The molecule has 1 heterocycles. The van der Waals surface area contributed by atoms with E-state index in [1.54, 1.807) is 0 Å². The molecule has 2 aromatic carbocycles. The molecule has 2 aromatic rings. The number of hydrogen-bond donors (Lipinski definition) is 2. The minimum atomic E-state index is -2.06. The maximum Gasteiger partial charge on any atom is -1.00 e. The van der Waals surface area contributed by atoms with Crippen molar-refractivity contribution in [2.75, 3.05) is 18.5 Å². The van der Waals surface area contributed by atoms with Crippen LogP contribution in [0.4, 0.5) is 5.69 Å². The largest absolute Gasteiger partial charge is 1.00 e. The molecule has 2 atom stereocenters. The Morgan fingerprint density at radius 3 is 2.44 bits per heavy atom. The molecule has 0 aromatic heterocycles. The fourth-order valence-electron chi connectivity index (χ4n) is 4.14. The molecule has 1 aliphatic carbocycles. The Balaban J connectivity index is 0.00000131. The maximum atomic E-state index is 9.27. The third kappa shape index (κ3) is 3.72. The number of benzene rings is 2. The molecule has 0 amide bonds. The van der Waals surface area contributed by atoms with Crippen molar-refractivity contribution in [3.05, 3.63) is 41.5 Å². The van der Waals surface area contributed by atoms with Gasteiger partial charge in [-0.05, 0) is 0 Å². The van der Waals surface area contributed by atoms with Crippen LogP contribution in [0.5, 0.6) is 0 Å². The average molecular weight is 501 g/mol. The molecule has 0 spiro atoms. The number of hydrogen-bond acceptors (Lipinski definition) is 3. The number of anilines is 1. The van der Waals surface area contributed by atoms with E-state index in [4.69, 9.17) is 4.43 Å². The van der Waals surface area contributed by atoms with Crippen molar-refractivity contribution >= 4 is 24.4 Å². The SMILES string of the molecule is CC(C)(C)Nc1cc2c(c3c1[Si]3(C)OCCO)[CH]([Zr+2])c1ccccc1-2.[Cl-].[Cl-]. The van der Waals surface area contributed by atoms with Crippen LogP contribution in [0.1, 0.15) is 35.5 Å². The van der Waals surface area contributed by atoms with Crippen LogP contribution in [0, 0.1) is 0 Å². The first kappa shape index (κ1) is 23.1. The van der Waals surface area contributed by atoms with E-state index in [1.807, 2.05) is 0 Å². The Kier molecular flexibility index (Phi) is 6.79. The zero-order chi connectivity index (χ0) is 18.0. The van der Waals surface area contributed by atoms with Crippen LogP contribution in [0.2, 0.25) is 6.55 Å². The van der Waals surface area contributed by atoms with Crippen LogP contribution in [0.15, 0.2) is 30.3 Å². The second kappa shape index (κ2) is 7.93. The third-order valence-corrected chi connectivity index (χ3v) is 10.1. The number of fused-ring (bicyclic) bond motifs is 5. The molecule has 1 aliphatic heterocycles. The van der Waals surface area contributed by atoms with Crippen LogP contribution in [-0.4, -0.2) is 32.2 Å². The Labute approximate surface area is 190 Å². The van der Waals surface area contributed by atoms with Crippen molar-refractivity contribution in [2.24, 2.45) is 0 Å². The number of nitrogens with one attached hydrogen (secondary N) is 1. The number of rotatable bonds is 4. The van der Waals surface area contributed by atoms with Gasteiger partial charge in [0.05, 0.1) is 0 Å². The van der Waals surface area contributed by atoms with E-state index in [0.717, 1.165) is 0 Å². The first-order valence-electron chi connectivity index (χ1n) is 8.83. The molecule has 0 fully saturated rings. The number of aliphatic hydroxyl groups excluding tert-OH is 1. The number of aliphatic hydroxyl groups is 1. The van der Waals surface area contributed by atoms with E-state index in [9.17, 15) is 5.11 Å². The standard InChI is InChI=1S/C20H24NO2Si.2ClH.Zr/c1-20(2,3)21-17-12-15-14-8-6-5-7-13(14)11-16(15)18-19(17)24(18,4)23-10-9-22;;;/h5-8,11-12,21-22H,9-10H2,1-4H3;2*1H;/q;;;+2/p-2. The van der Waals surface area contributed by atoms with Gasteiger partial charge in [0.15, 0.2) is 0 Å². The van der Waals surface area contributed by atoms with E-state index in [-0.39, 0.29) is 37.0 Å². The monoisotopic (exact) mass is 498 g/mol. The second-order valence-electron chi connectivity index (χ2n) is 8.14. The Hall–Kier alpha value is -0.160. The summed E-state index contributed by atoms with van der Waals surface area (Å²) < 4.78 is 6.75. The molecule has 2 N–H and O–H groups in total. The summed E-state index contributed by atoms with van der Waals surface area (Å²) in [6, 6.07) is 11.2. The zero-order valence-corrected chi connectivity index (χ0v) is 21.0. The molecule has 0 radical (unpaired) electrons. The predicted molar refractivity (Wildman–Crippen MR) is 101 cm³/mol. The van der Waals surface area contributed by atoms with Crippen LogP contribution in [0.3, 0.4) is 0 Å². The molecule has 2 aliphatic rings. The Morgan fingerprint density at radius 1 is 1.15 bits per heavy atom. The van der Waals surface area contributed by atoms with Crippen LogP contribution in [-0.2, 0) is 29.1 Å². The smallest absolute Gasteiger partial charge is 1.00 e. The van der Waals surface area contributed by atoms with Crippen LogP contribution >= 0.6 is 0 Å². The molecule has 4 rings (SSSR count). The molecule has 143 valence electrons. The van der Waals surface area contributed by atoms with Gasteiger partial charge in [-0.25, -0.2) is 0 Å². The van der Waals surface area contributed by atoms with Crippen molar-refractivity contribution in [3.8, 4) is 11.1 Å². The molecular weight excluding hydrogens is 476 g/mol. The van der Waals surface area contributed by atoms with Gasteiger partial charge in [0.25, 0.3) is 0 Å². The van der Waals surface area contributed by atoms with Gasteiger partial charge in [0, 0.05) is 0 Å². The van der Waals surface area contributed by atoms with Gasteiger partial charge in [-0.2, -0.15) is 0 Å². The minimum Gasteiger partial charge on any atom is -1.00 e. The molecular formula is C20H24Cl2NO2SiZr. The zero-order valence-electron chi connectivity index (χ0n) is 16.0. The first-order valence-corrected chi connectivity index (χ1v) is 12.7. The molecule has 7 heteroatoms. The Bertz CT molecular complexity index is 872. The van der Waals surface area contributed by atoms with Crippen molar-refractivity contribution in [1.82, 2.24) is 0 Å². The minimum absolute atomic E-state index is 0. The van der Waals surface area contributed by atoms with Gasteiger partial charge >= 0.3 is 166 Å². The molecule has 0 saturated carbocycles. The average Bonchev–Trinajstić information content (AvgIpc) is 3.07. The summed E-state index contributed by atoms with van der Waals surface area (Å²) in [6.07, 6.45) is 0. The van der Waals surface area contributed by atoms with Gasteiger partial charge in [0.1, 0.15) is 0 Å². The fourth-order valence-corrected chi connectivity index (χ4v) is 9.59. The molecule has 0 saturated heterocycles. The number of halogens is 2. The van der Waals surface area contributed by atoms with Crippen molar-refractivity contribution in [2.45, 2.75) is 36.5 Å². The van der Waals surface area contributed by atoms with Crippen molar-refractivity contribution in [1.29, 1.82) is 0 Å². The van der Waals surface area contributed by atoms with Crippen molar-refractivity contribution in [3.63, 3.8) is 0 Å². The van der Waals surface area contributed by atoms with E-state index < -0.39 is 8.32 Å². The summed E-state index contributed by atoms with van der Waals surface area (Å²) >= 11 is 1.53. The van der Waals surface area contributed by atoms with Crippen LogP contribution in [0.25, 0.3) is 11.1 Å². The summed E-state index contributed by atoms with van der Waals surface area (Å²) in [6.45, 7) is 9.39. The van der Waals surface area contributed by atoms with Gasteiger partial charge in [0.2, 0.25) is 0 Å². The molecule has 2 unspecified atom stereocenters. The quantitative estimate of drug-likeness (QED) is 0.429. The molecule has 3 nitrogen and oxygen atoms in total. The summed E-state index contributed by atoms with van der Waals surface area (Å²) in [5.74, 6) is 0. The fraction of sp³-hybridized carbons (Fsp3) is 0.400. The topological polar surface area (TPSA) is 41.5 Å². The van der Waals surface area contributed by atoms with Gasteiger partial charge in [-0.1, -0.05) is 0 Å². The third-order valence-electron chi connectivity index (χ3n) is 5.10. The second-order valence-corrected chi connectivity index (χ2v) is 12.9. The van der Waals surface area contributed by atoms with E-state index in [0.29, 0.717) is 10.2 Å². The maximum absolute atomic E-state index is 9.27.